The van der Waals surface area contributed by atoms with Crippen LogP contribution >= 0.6 is 0 Å². The monoisotopic (exact) mass is 334 g/mol. The fraction of sp³-hybridized carbons (Fsp3) is 0.471. The van der Waals surface area contributed by atoms with E-state index in [9.17, 15) is 8.42 Å². The highest BCUT2D eigenvalue weighted by Gasteiger charge is 2.49. The molecule has 0 unspecified atom stereocenters. The molecule has 1 aliphatic rings. The highest BCUT2D eigenvalue weighted by atomic mass is 32.2. The summed E-state index contributed by atoms with van der Waals surface area (Å²) in [6.07, 6.45) is 2.83. The maximum absolute atomic E-state index is 11.4. The number of benzene rings is 1. The summed E-state index contributed by atoms with van der Waals surface area (Å²) < 4.78 is 31.0. The standard InChI is InChI=1S/C17H22N2O3S/c1-17(2)13(10-16(17)19-23(3,20)21)9-14-11-15(22-18-14)12-7-5-4-6-8-12/h4-8,11,13,16,19H,9-10H2,1-3H3/t13-,16+/m1/s1. The quantitative estimate of drug-likeness (QED) is 0.912. The van der Waals surface area contributed by atoms with Crippen LogP contribution in [0.15, 0.2) is 40.9 Å². The third-order valence-corrected chi connectivity index (χ3v) is 5.61. The molecule has 3 rings (SSSR count). The summed E-state index contributed by atoms with van der Waals surface area (Å²) >= 11 is 0. The number of nitrogens with one attached hydrogen (secondary N) is 1. The van der Waals surface area contributed by atoms with Crippen LogP contribution in [-0.4, -0.2) is 25.9 Å². The second-order valence-electron chi connectivity index (χ2n) is 6.95. The van der Waals surface area contributed by atoms with Crippen LogP contribution in [0.25, 0.3) is 11.3 Å². The van der Waals surface area contributed by atoms with Gasteiger partial charge in [-0.05, 0) is 24.2 Å². The molecule has 0 spiro atoms. The molecule has 1 aromatic heterocycles. The highest BCUT2D eigenvalue weighted by Crippen LogP contribution is 2.48. The minimum atomic E-state index is -3.17. The number of rotatable bonds is 5. The van der Waals surface area contributed by atoms with Gasteiger partial charge in [0.05, 0.1) is 11.9 Å². The molecule has 1 heterocycles. The van der Waals surface area contributed by atoms with Crippen LogP contribution in [0, 0.1) is 11.3 Å². The zero-order chi connectivity index (χ0) is 16.7. The molecule has 0 bridgehead atoms. The largest absolute Gasteiger partial charge is 0.356 e. The molecule has 1 aromatic carbocycles. The Balaban J connectivity index is 1.66. The van der Waals surface area contributed by atoms with Crippen molar-refractivity contribution in [1.82, 2.24) is 9.88 Å². The molecule has 0 aliphatic heterocycles. The first-order chi connectivity index (χ1) is 10.8. The van der Waals surface area contributed by atoms with Gasteiger partial charge in [0.25, 0.3) is 0 Å². The van der Waals surface area contributed by atoms with Crippen LogP contribution in [0.1, 0.15) is 26.0 Å². The molecule has 0 radical (unpaired) electrons. The lowest BCUT2D eigenvalue weighted by molar-refractivity contribution is 0.0271. The first-order valence-electron chi connectivity index (χ1n) is 7.74. The van der Waals surface area contributed by atoms with Crippen LogP contribution in [-0.2, 0) is 16.4 Å². The molecule has 1 saturated carbocycles. The predicted octanol–water partition coefficient (Wildman–Crippen LogP) is 2.85. The lowest BCUT2D eigenvalue weighted by Crippen LogP contribution is -2.58. The van der Waals surface area contributed by atoms with Gasteiger partial charge in [-0.2, -0.15) is 0 Å². The smallest absolute Gasteiger partial charge is 0.208 e. The average molecular weight is 334 g/mol. The summed E-state index contributed by atoms with van der Waals surface area (Å²) in [5.41, 5.74) is 1.84. The van der Waals surface area contributed by atoms with Crippen molar-refractivity contribution in [2.24, 2.45) is 11.3 Å². The van der Waals surface area contributed by atoms with Gasteiger partial charge in [0, 0.05) is 17.7 Å². The van der Waals surface area contributed by atoms with Gasteiger partial charge in [0.15, 0.2) is 5.76 Å². The number of nitrogens with zero attached hydrogens (tertiary/aromatic N) is 1. The van der Waals surface area contributed by atoms with E-state index in [1.807, 2.05) is 36.4 Å². The number of aromatic nitrogens is 1. The zero-order valence-electron chi connectivity index (χ0n) is 13.6. The van der Waals surface area contributed by atoms with Gasteiger partial charge in [-0.15, -0.1) is 0 Å². The lowest BCUT2D eigenvalue weighted by Gasteiger charge is -2.52. The van der Waals surface area contributed by atoms with E-state index in [0.29, 0.717) is 5.92 Å². The molecule has 1 fully saturated rings. The first-order valence-corrected chi connectivity index (χ1v) is 9.63. The molecular formula is C17H22N2O3S. The van der Waals surface area contributed by atoms with Crippen molar-refractivity contribution in [3.63, 3.8) is 0 Å². The number of sulfonamides is 1. The Bertz CT molecular complexity index is 781. The van der Waals surface area contributed by atoms with Gasteiger partial charge in [-0.25, -0.2) is 13.1 Å². The van der Waals surface area contributed by atoms with Gasteiger partial charge in [0.1, 0.15) is 0 Å². The predicted molar refractivity (Wildman–Crippen MR) is 89.3 cm³/mol. The average Bonchev–Trinajstić information content (AvgIpc) is 2.95. The molecule has 5 nitrogen and oxygen atoms in total. The molecule has 6 heteroatoms. The van der Waals surface area contributed by atoms with E-state index in [1.165, 1.54) is 6.26 Å². The van der Waals surface area contributed by atoms with Crippen molar-refractivity contribution in [1.29, 1.82) is 0 Å². The van der Waals surface area contributed by atoms with Crippen molar-refractivity contribution < 1.29 is 12.9 Å². The zero-order valence-corrected chi connectivity index (χ0v) is 14.4. The van der Waals surface area contributed by atoms with Crippen molar-refractivity contribution in [3.05, 3.63) is 42.1 Å². The Morgan fingerprint density at radius 3 is 2.61 bits per heavy atom. The normalized spacial score (nSPS) is 23.4. The second-order valence-corrected chi connectivity index (χ2v) is 8.73. The third kappa shape index (κ3) is 3.48. The summed E-state index contributed by atoms with van der Waals surface area (Å²) in [5, 5.41) is 4.17. The fourth-order valence-electron chi connectivity index (χ4n) is 3.22. The van der Waals surface area contributed by atoms with E-state index in [2.05, 4.69) is 23.7 Å². The minimum absolute atomic E-state index is 0.0111. The van der Waals surface area contributed by atoms with E-state index in [-0.39, 0.29) is 11.5 Å². The van der Waals surface area contributed by atoms with Gasteiger partial charge < -0.3 is 4.52 Å². The SMILES string of the molecule is CC1(C)[C@H](Cc2cc(-c3ccccc3)on2)C[C@@H]1NS(C)(=O)=O. The van der Waals surface area contributed by atoms with Gasteiger partial charge >= 0.3 is 0 Å². The Hall–Kier alpha value is -1.66. The number of hydrogen-bond acceptors (Lipinski definition) is 4. The molecular weight excluding hydrogens is 312 g/mol. The van der Waals surface area contributed by atoms with Crippen LogP contribution in [0.2, 0.25) is 0 Å². The van der Waals surface area contributed by atoms with Gasteiger partial charge in [-0.3, -0.25) is 0 Å². The Morgan fingerprint density at radius 2 is 2.00 bits per heavy atom. The van der Waals surface area contributed by atoms with Gasteiger partial charge in [-0.1, -0.05) is 49.3 Å². The lowest BCUT2D eigenvalue weighted by atomic mass is 9.57. The highest BCUT2D eigenvalue weighted by molar-refractivity contribution is 7.88. The molecule has 1 N–H and O–H groups in total. The van der Waals surface area contributed by atoms with Crippen LogP contribution in [0.4, 0.5) is 0 Å². The summed E-state index contributed by atoms with van der Waals surface area (Å²) in [6.45, 7) is 4.20. The molecule has 2 atom stereocenters. The fourth-order valence-corrected chi connectivity index (χ4v) is 4.14. The van der Waals surface area contributed by atoms with Crippen molar-refractivity contribution >= 4 is 10.0 Å². The Morgan fingerprint density at radius 1 is 1.30 bits per heavy atom. The molecule has 23 heavy (non-hydrogen) atoms. The summed E-state index contributed by atoms with van der Waals surface area (Å²) in [6, 6.07) is 11.8. The van der Waals surface area contributed by atoms with E-state index in [1.54, 1.807) is 0 Å². The van der Waals surface area contributed by atoms with Crippen molar-refractivity contribution in [2.45, 2.75) is 32.7 Å². The Labute approximate surface area is 137 Å². The van der Waals surface area contributed by atoms with E-state index < -0.39 is 10.0 Å². The van der Waals surface area contributed by atoms with Gasteiger partial charge in [0.2, 0.25) is 10.0 Å². The molecule has 1 aliphatic carbocycles. The van der Waals surface area contributed by atoms with E-state index >= 15 is 0 Å². The molecule has 0 amide bonds. The summed E-state index contributed by atoms with van der Waals surface area (Å²) in [4.78, 5) is 0. The van der Waals surface area contributed by atoms with Crippen LogP contribution < -0.4 is 4.72 Å². The number of hydrogen-bond donors (Lipinski definition) is 1. The van der Waals surface area contributed by atoms with E-state index in [4.69, 9.17) is 4.52 Å². The summed E-state index contributed by atoms with van der Waals surface area (Å²) in [7, 11) is -3.17. The van der Waals surface area contributed by atoms with Crippen molar-refractivity contribution in [2.75, 3.05) is 6.26 Å². The molecule has 0 saturated heterocycles. The van der Waals surface area contributed by atoms with Crippen LogP contribution in [0.5, 0.6) is 0 Å². The maximum atomic E-state index is 11.4. The summed E-state index contributed by atoms with van der Waals surface area (Å²) in [5.74, 6) is 1.15. The second kappa shape index (κ2) is 5.76. The minimum Gasteiger partial charge on any atom is -0.356 e. The van der Waals surface area contributed by atoms with E-state index in [0.717, 1.165) is 29.9 Å². The van der Waals surface area contributed by atoms with Crippen molar-refractivity contribution in [3.8, 4) is 11.3 Å². The Kier molecular flexibility index (Phi) is 4.06. The maximum Gasteiger partial charge on any atom is 0.208 e. The topological polar surface area (TPSA) is 72.2 Å². The van der Waals surface area contributed by atoms with Crippen LogP contribution in [0.3, 0.4) is 0 Å². The third-order valence-electron chi connectivity index (χ3n) is 4.90. The molecule has 124 valence electrons. The molecule has 2 aromatic rings. The first kappa shape index (κ1) is 16.2.